The maximum Gasteiger partial charge on any atom is 0.274 e. The lowest BCUT2D eigenvalue weighted by Gasteiger charge is -2.34. The number of halogens is 2. The third-order valence-corrected chi connectivity index (χ3v) is 6.14. The lowest BCUT2D eigenvalue weighted by atomic mass is 10.1. The van der Waals surface area contributed by atoms with Gasteiger partial charge in [0.25, 0.3) is 5.91 Å². The van der Waals surface area contributed by atoms with E-state index in [1.165, 1.54) is 6.07 Å². The summed E-state index contributed by atoms with van der Waals surface area (Å²) < 4.78 is 28.7. The predicted octanol–water partition coefficient (Wildman–Crippen LogP) is 3.36. The molecule has 2 aliphatic rings. The van der Waals surface area contributed by atoms with Gasteiger partial charge < -0.3 is 9.80 Å². The summed E-state index contributed by atoms with van der Waals surface area (Å²) in [6.45, 7) is 6.19. The van der Waals surface area contributed by atoms with Crippen LogP contribution in [0, 0.1) is 17.6 Å². The van der Waals surface area contributed by atoms with E-state index in [1.54, 1.807) is 9.58 Å². The van der Waals surface area contributed by atoms with Crippen LogP contribution in [0.1, 0.15) is 54.9 Å². The minimum Gasteiger partial charge on any atom is -0.339 e. The third-order valence-electron chi connectivity index (χ3n) is 6.14. The number of carbonyl (C=O) groups excluding carboxylic acids is 2. The quantitative estimate of drug-likeness (QED) is 0.731. The smallest absolute Gasteiger partial charge is 0.274 e. The molecule has 4 rings (SSSR count). The van der Waals surface area contributed by atoms with Gasteiger partial charge in [0.2, 0.25) is 5.91 Å². The Bertz CT molecular complexity index is 994. The molecule has 6 nitrogen and oxygen atoms in total. The molecule has 1 aromatic carbocycles. The van der Waals surface area contributed by atoms with Gasteiger partial charge in [0.1, 0.15) is 0 Å². The number of hydrogen-bond acceptors (Lipinski definition) is 3. The van der Waals surface area contributed by atoms with Crippen molar-refractivity contribution in [3.05, 3.63) is 46.8 Å². The molecule has 1 saturated heterocycles. The van der Waals surface area contributed by atoms with Gasteiger partial charge >= 0.3 is 0 Å². The summed E-state index contributed by atoms with van der Waals surface area (Å²) in [4.78, 5) is 29.2. The summed E-state index contributed by atoms with van der Waals surface area (Å²) in [5, 5.41) is 4.51. The Hall–Kier alpha value is -2.77. The molecular weight excluding hydrogens is 402 g/mol. The van der Waals surface area contributed by atoms with Crippen LogP contribution in [0.3, 0.4) is 0 Å². The second kappa shape index (κ2) is 8.77. The Kier molecular flexibility index (Phi) is 6.07. The van der Waals surface area contributed by atoms with Crippen LogP contribution >= 0.6 is 0 Å². The minimum atomic E-state index is -0.939. The molecule has 0 saturated carbocycles. The maximum atomic E-state index is 13.8. The standard InChI is InChI=1S/C23H28F2N4O2/c1-15(2)6-9-21(30)27-10-12-28(13-11-27)23(31)22-17-4-3-5-20(17)29(26-22)16-7-8-18(24)19(25)14-16/h7-8,14-15H,3-6,9-13H2,1-2H3. The fourth-order valence-corrected chi connectivity index (χ4v) is 4.32. The van der Waals surface area contributed by atoms with Crippen LogP contribution in [0.4, 0.5) is 8.78 Å². The maximum absolute atomic E-state index is 13.8. The highest BCUT2D eigenvalue weighted by molar-refractivity contribution is 5.94. The van der Waals surface area contributed by atoms with Crippen LogP contribution < -0.4 is 0 Å². The van der Waals surface area contributed by atoms with Gasteiger partial charge in [-0.05, 0) is 43.7 Å². The Morgan fingerprint density at radius 3 is 2.42 bits per heavy atom. The molecule has 8 heteroatoms. The Labute approximate surface area is 180 Å². The van der Waals surface area contributed by atoms with Crippen molar-refractivity contribution in [1.82, 2.24) is 19.6 Å². The van der Waals surface area contributed by atoms with Gasteiger partial charge in [-0.3, -0.25) is 9.59 Å². The van der Waals surface area contributed by atoms with Crippen LogP contribution in [-0.4, -0.2) is 57.6 Å². The van der Waals surface area contributed by atoms with Crippen molar-refractivity contribution in [3.63, 3.8) is 0 Å². The topological polar surface area (TPSA) is 58.4 Å². The number of piperazine rings is 1. The number of hydrogen-bond donors (Lipinski definition) is 0. The van der Waals surface area contributed by atoms with Crippen molar-refractivity contribution < 1.29 is 18.4 Å². The first-order valence-electron chi connectivity index (χ1n) is 11.0. The predicted molar refractivity (Wildman–Crippen MR) is 112 cm³/mol. The van der Waals surface area contributed by atoms with Gasteiger partial charge in [-0.15, -0.1) is 0 Å². The summed E-state index contributed by atoms with van der Waals surface area (Å²) in [5.74, 6) is -1.38. The second-order valence-corrected chi connectivity index (χ2v) is 8.74. The highest BCUT2D eigenvalue weighted by Gasteiger charge is 2.32. The van der Waals surface area contributed by atoms with Crippen molar-refractivity contribution in [2.24, 2.45) is 5.92 Å². The molecule has 166 valence electrons. The van der Waals surface area contributed by atoms with E-state index in [0.717, 1.165) is 49.1 Å². The first-order valence-corrected chi connectivity index (χ1v) is 11.0. The van der Waals surface area contributed by atoms with Crippen molar-refractivity contribution in [3.8, 4) is 5.69 Å². The van der Waals surface area contributed by atoms with Crippen LogP contribution in [-0.2, 0) is 17.6 Å². The molecule has 0 radical (unpaired) electrons. The van der Waals surface area contributed by atoms with Gasteiger partial charge in [0, 0.05) is 49.9 Å². The Morgan fingerprint density at radius 1 is 1.03 bits per heavy atom. The zero-order valence-corrected chi connectivity index (χ0v) is 18.0. The summed E-state index contributed by atoms with van der Waals surface area (Å²) in [7, 11) is 0. The van der Waals surface area contributed by atoms with Gasteiger partial charge in [0.05, 0.1) is 5.69 Å². The number of amides is 2. The molecule has 0 spiro atoms. The Balaban J connectivity index is 1.49. The van der Waals surface area contributed by atoms with E-state index in [2.05, 4.69) is 18.9 Å². The van der Waals surface area contributed by atoms with Crippen molar-refractivity contribution in [2.45, 2.75) is 46.0 Å². The van der Waals surface area contributed by atoms with Crippen LogP contribution in [0.25, 0.3) is 5.69 Å². The molecule has 0 N–H and O–H groups in total. The molecule has 1 aromatic heterocycles. The summed E-state index contributed by atoms with van der Waals surface area (Å²) in [5.41, 5.74) is 2.58. The number of fused-ring (bicyclic) bond motifs is 1. The molecule has 2 amide bonds. The summed E-state index contributed by atoms with van der Waals surface area (Å²) in [6.07, 6.45) is 3.79. The van der Waals surface area contributed by atoms with E-state index in [1.807, 2.05) is 4.90 Å². The Morgan fingerprint density at radius 2 is 1.74 bits per heavy atom. The van der Waals surface area contributed by atoms with Gasteiger partial charge in [-0.2, -0.15) is 5.10 Å². The molecule has 2 aromatic rings. The van der Waals surface area contributed by atoms with E-state index in [-0.39, 0.29) is 11.8 Å². The fourth-order valence-electron chi connectivity index (χ4n) is 4.32. The first kappa shape index (κ1) is 21.5. The molecule has 0 bridgehead atoms. The average molecular weight is 430 g/mol. The van der Waals surface area contributed by atoms with Gasteiger partial charge in [-0.1, -0.05) is 13.8 Å². The molecular formula is C23H28F2N4O2. The normalized spacial score (nSPS) is 16.2. The third kappa shape index (κ3) is 4.34. The summed E-state index contributed by atoms with van der Waals surface area (Å²) in [6, 6.07) is 3.65. The number of nitrogens with zero attached hydrogens (tertiary/aromatic N) is 4. The highest BCUT2D eigenvalue weighted by Crippen LogP contribution is 2.29. The molecule has 0 unspecified atom stereocenters. The summed E-state index contributed by atoms with van der Waals surface area (Å²) >= 11 is 0. The van der Waals surface area contributed by atoms with Crippen molar-refractivity contribution >= 4 is 11.8 Å². The number of benzene rings is 1. The minimum absolute atomic E-state index is 0.143. The first-order chi connectivity index (χ1) is 14.8. The van der Waals surface area contributed by atoms with Crippen LogP contribution in [0.2, 0.25) is 0 Å². The molecule has 0 atom stereocenters. The SMILES string of the molecule is CC(C)CCC(=O)N1CCN(C(=O)c2nn(-c3ccc(F)c(F)c3)c3c2CCC3)CC1. The fraction of sp³-hybridized carbons (Fsp3) is 0.522. The van der Waals surface area contributed by atoms with Gasteiger partial charge in [0.15, 0.2) is 17.3 Å². The van der Waals surface area contributed by atoms with E-state index >= 15 is 0 Å². The highest BCUT2D eigenvalue weighted by atomic mass is 19.2. The number of aromatic nitrogens is 2. The lowest BCUT2D eigenvalue weighted by Crippen LogP contribution is -2.50. The van der Waals surface area contributed by atoms with Crippen LogP contribution in [0.15, 0.2) is 18.2 Å². The van der Waals surface area contributed by atoms with Crippen LogP contribution in [0.5, 0.6) is 0 Å². The van der Waals surface area contributed by atoms with E-state index in [4.69, 9.17) is 0 Å². The molecule has 2 heterocycles. The number of rotatable bonds is 5. The largest absolute Gasteiger partial charge is 0.339 e. The molecule has 1 aliphatic heterocycles. The molecule has 31 heavy (non-hydrogen) atoms. The average Bonchev–Trinajstić information content (AvgIpc) is 3.36. The van der Waals surface area contributed by atoms with Gasteiger partial charge in [-0.25, -0.2) is 13.5 Å². The van der Waals surface area contributed by atoms with E-state index in [0.29, 0.717) is 49.9 Å². The van der Waals surface area contributed by atoms with E-state index in [9.17, 15) is 18.4 Å². The molecule has 1 aliphatic carbocycles. The molecule has 1 fully saturated rings. The van der Waals surface area contributed by atoms with E-state index < -0.39 is 11.6 Å². The van der Waals surface area contributed by atoms with Crippen molar-refractivity contribution in [2.75, 3.05) is 26.2 Å². The number of carbonyl (C=O) groups is 2. The zero-order valence-electron chi connectivity index (χ0n) is 18.0. The monoisotopic (exact) mass is 430 g/mol. The zero-order chi connectivity index (χ0) is 22.1. The van der Waals surface area contributed by atoms with Crippen molar-refractivity contribution in [1.29, 1.82) is 0 Å². The second-order valence-electron chi connectivity index (χ2n) is 8.74. The lowest BCUT2D eigenvalue weighted by molar-refractivity contribution is -0.132.